The molecule has 0 saturated carbocycles. The van der Waals surface area contributed by atoms with Gasteiger partial charge in [-0.05, 0) is 24.6 Å². The van der Waals surface area contributed by atoms with Gasteiger partial charge in [0.2, 0.25) is 0 Å². The van der Waals surface area contributed by atoms with E-state index in [1.165, 1.54) is 0 Å². The largest absolute Gasteiger partial charge is 0.508 e. The van der Waals surface area contributed by atoms with Crippen LogP contribution in [0.25, 0.3) is 0 Å². The second kappa shape index (κ2) is 5.12. The molecule has 2 heteroatoms. The van der Waals surface area contributed by atoms with Crippen LogP contribution < -0.4 is 0 Å². The third-order valence-corrected chi connectivity index (χ3v) is 2.26. The Balaban J connectivity index is 2.18. The fourth-order valence-electron chi connectivity index (χ4n) is 1.40. The number of rotatable bonds is 2. The van der Waals surface area contributed by atoms with Crippen molar-refractivity contribution in [2.75, 3.05) is 0 Å². The summed E-state index contributed by atoms with van der Waals surface area (Å²) in [6.07, 6.45) is 9.96. The van der Waals surface area contributed by atoms with E-state index in [0.717, 1.165) is 17.7 Å². The minimum atomic E-state index is 0.282. The van der Waals surface area contributed by atoms with Crippen LogP contribution in [0, 0.1) is 0 Å². The Hall–Kier alpha value is -2.09. The van der Waals surface area contributed by atoms with Gasteiger partial charge in [0.05, 0.1) is 5.69 Å². The molecule has 0 saturated heterocycles. The Morgan fingerprint density at radius 3 is 2.81 bits per heavy atom. The Labute approximate surface area is 95.0 Å². The van der Waals surface area contributed by atoms with Gasteiger partial charge in [-0.15, -0.1) is 0 Å². The molecule has 1 aromatic rings. The first-order valence-corrected chi connectivity index (χ1v) is 5.22. The number of aliphatic hydroxyl groups excluding tert-OH is 1. The molecule has 1 aromatic carbocycles. The number of aliphatic imine (C=N–C) groups is 1. The Morgan fingerprint density at radius 2 is 2.00 bits per heavy atom. The van der Waals surface area contributed by atoms with E-state index in [0.29, 0.717) is 0 Å². The van der Waals surface area contributed by atoms with E-state index in [1.54, 1.807) is 12.3 Å². The van der Waals surface area contributed by atoms with Gasteiger partial charge in [0.15, 0.2) is 0 Å². The molecule has 0 amide bonds. The summed E-state index contributed by atoms with van der Waals surface area (Å²) < 4.78 is 0. The van der Waals surface area contributed by atoms with Gasteiger partial charge >= 0.3 is 0 Å². The summed E-state index contributed by atoms with van der Waals surface area (Å²) in [4.78, 5) is 4.29. The molecule has 0 fully saturated rings. The molecular weight excluding hydrogens is 198 g/mol. The van der Waals surface area contributed by atoms with E-state index in [9.17, 15) is 5.11 Å². The first-order valence-electron chi connectivity index (χ1n) is 5.22. The summed E-state index contributed by atoms with van der Waals surface area (Å²) >= 11 is 0. The van der Waals surface area contributed by atoms with E-state index in [1.807, 2.05) is 48.6 Å². The lowest BCUT2D eigenvalue weighted by Crippen LogP contribution is -1.88. The third-order valence-electron chi connectivity index (χ3n) is 2.26. The van der Waals surface area contributed by atoms with Crippen molar-refractivity contribution in [2.24, 2.45) is 4.99 Å². The van der Waals surface area contributed by atoms with Gasteiger partial charge in [0.1, 0.15) is 5.76 Å². The molecule has 0 heterocycles. The number of para-hydroxylation sites is 1. The van der Waals surface area contributed by atoms with Crippen LogP contribution in [0.1, 0.15) is 6.42 Å². The first kappa shape index (κ1) is 10.4. The smallest absolute Gasteiger partial charge is 0.120 e. The molecule has 0 radical (unpaired) electrons. The standard InChI is InChI=1S/C14H13NO/c16-14-10-6-1-3-7-12(14)11-15-13-8-4-2-5-9-13/h1-5,7-11,16H,6H2. The molecule has 1 aliphatic carbocycles. The summed E-state index contributed by atoms with van der Waals surface area (Å²) in [6, 6.07) is 9.66. The quantitative estimate of drug-likeness (QED) is 0.743. The van der Waals surface area contributed by atoms with Crippen molar-refractivity contribution in [1.29, 1.82) is 0 Å². The highest BCUT2D eigenvalue weighted by Crippen LogP contribution is 2.13. The number of hydrogen-bond donors (Lipinski definition) is 1. The Morgan fingerprint density at radius 1 is 1.19 bits per heavy atom. The van der Waals surface area contributed by atoms with E-state index in [4.69, 9.17) is 0 Å². The fourth-order valence-corrected chi connectivity index (χ4v) is 1.40. The maximum absolute atomic E-state index is 9.69. The highest BCUT2D eigenvalue weighted by atomic mass is 16.3. The molecular formula is C14H13NO. The van der Waals surface area contributed by atoms with Crippen molar-refractivity contribution in [3.8, 4) is 0 Å². The lowest BCUT2D eigenvalue weighted by atomic mass is 10.2. The van der Waals surface area contributed by atoms with Crippen molar-refractivity contribution in [1.82, 2.24) is 0 Å². The van der Waals surface area contributed by atoms with E-state index >= 15 is 0 Å². The third kappa shape index (κ3) is 2.70. The molecule has 2 nitrogen and oxygen atoms in total. The molecule has 16 heavy (non-hydrogen) atoms. The Kier molecular flexibility index (Phi) is 3.34. The van der Waals surface area contributed by atoms with Gasteiger partial charge in [-0.3, -0.25) is 4.99 Å². The lowest BCUT2D eigenvalue weighted by molar-refractivity contribution is 0.427. The first-order chi connectivity index (χ1) is 7.86. The summed E-state index contributed by atoms with van der Waals surface area (Å²) in [5.41, 5.74) is 1.61. The fraction of sp³-hybridized carbons (Fsp3) is 0.0714. The average molecular weight is 211 g/mol. The van der Waals surface area contributed by atoms with Crippen molar-refractivity contribution < 1.29 is 5.11 Å². The number of nitrogens with zero attached hydrogens (tertiary/aromatic N) is 1. The van der Waals surface area contributed by atoms with Crippen LogP contribution in [0.2, 0.25) is 0 Å². The van der Waals surface area contributed by atoms with Gasteiger partial charge in [0.25, 0.3) is 0 Å². The zero-order valence-electron chi connectivity index (χ0n) is 8.88. The minimum absolute atomic E-state index is 0.282. The van der Waals surface area contributed by atoms with Crippen LogP contribution in [-0.4, -0.2) is 11.3 Å². The topological polar surface area (TPSA) is 32.6 Å². The molecule has 0 aliphatic heterocycles. The summed E-state index contributed by atoms with van der Waals surface area (Å²) in [5, 5.41) is 9.69. The second-order valence-electron chi connectivity index (χ2n) is 3.47. The normalized spacial score (nSPS) is 15.8. The van der Waals surface area contributed by atoms with Gasteiger partial charge in [-0.2, -0.15) is 0 Å². The zero-order chi connectivity index (χ0) is 11.2. The monoisotopic (exact) mass is 211 g/mol. The van der Waals surface area contributed by atoms with E-state index in [2.05, 4.69) is 4.99 Å². The molecule has 0 atom stereocenters. The predicted molar refractivity (Wildman–Crippen MR) is 67.1 cm³/mol. The predicted octanol–water partition coefficient (Wildman–Crippen LogP) is 3.72. The summed E-state index contributed by atoms with van der Waals surface area (Å²) in [7, 11) is 0. The van der Waals surface area contributed by atoms with Gasteiger partial charge in [-0.1, -0.05) is 36.4 Å². The molecule has 0 bridgehead atoms. The van der Waals surface area contributed by atoms with Crippen LogP contribution in [-0.2, 0) is 0 Å². The average Bonchev–Trinajstić information content (AvgIpc) is 2.53. The number of allylic oxidation sites excluding steroid dienone is 5. The van der Waals surface area contributed by atoms with Crippen LogP contribution in [0.3, 0.4) is 0 Å². The van der Waals surface area contributed by atoms with Gasteiger partial charge in [0, 0.05) is 11.8 Å². The van der Waals surface area contributed by atoms with Crippen LogP contribution in [0.15, 0.2) is 71.0 Å². The number of aliphatic hydroxyl groups is 1. The molecule has 0 spiro atoms. The number of benzene rings is 1. The van der Waals surface area contributed by atoms with E-state index in [-0.39, 0.29) is 5.76 Å². The van der Waals surface area contributed by atoms with Crippen LogP contribution in [0.4, 0.5) is 5.69 Å². The van der Waals surface area contributed by atoms with E-state index < -0.39 is 0 Å². The summed E-state index contributed by atoms with van der Waals surface area (Å²) in [6.45, 7) is 0. The lowest BCUT2D eigenvalue weighted by Gasteiger charge is -1.98. The summed E-state index contributed by atoms with van der Waals surface area (Å²) in [5.74, 6) is 0.282. The molecule has 0 unspecified atom stereocenters. The van der Waals surface area contributed by atoms with Crippen molar-refractivity contribution >= 4 is 11.9 Å². The van der Waals surface area contributed by atoms with Crippen molar-refractivity contribution in [3.63, 3.8) is 0 Å². The molecule has 0 aromatic heterocycles. The second-order valence-corrected chi connectivity index (χ2v) is 3.47. The number of hydrogen-bond acceptors (Lipinski definition) is 2. The highest BCUT2D eigenvalue weighted by Gasteiger charge is 2.00. The van der Waals surface area contributed by atoms with Crippen molar-refractivity contribution in [2.45, 2.75) is 6.42 Å². The van der Waals surface area contributed by atoms with Gasteiger partial charge in [-0.25, -0.2) is 0 Å². The maximum atomic E-state index is 9.69. The maximum Gasteiger partial charge on any atom is 0.120 e. The highest BCUT2D eigenvalue weighted by molar-refractivity contribution is 5.86. The molecule has 1 N–H and O–H groups in total. The molecule has 80 valence electrons. The molecule has 2 rings (SSSR count). The SMILES string of the molecule is OC1=CCC=CC=C1C=Nc1ccccc1. The zero-order valence-corrected chi connectivity index (χ0v) is 8.88. The minimum Gasteiger partial charge on any atom is -0.508 e. The Bertz CT molecular complexity index is 467. The van der Waals surface area contributed by atoms with Gasteiger partial charge < -0.3 is 5.11 Å². The molecule has 1 aliphatic rings. The van der Waals surface area contributed by atoms with Crippen LogP contribution in [0.5, 0.6) is 0 Å². The van der Waals surface area contributed by atoms with Crippen molar-refractivity contribution in [3.05, 3.63) is 66.0 Å². The van der Waals surface area contributed by atoms with Crippen LogP contribution >= 0.6 is 0 Å².